The highest BCUT2D eigenvalue weighted by atomic mass is 32.2. The summed E-state index contributed by atoms with van der Waals surface area (Å²) in [5.74, 6) is 0.116. The number of anilines is 2. The van der Waals surface area contributed by atoms with E-state index in [2.05, 4.69) is 25.4 Å². The van der Waals surface area contributed by atoms with Crippen LogP contribution in [0.3, 0.4) is 0 Å². The predicted octanol–water partition coefficient (Wildman–Crippen LogP) is 1.74. The van der Waals surface area contributed by atoms with Crippen molar-refractivity contribution in [3.8, 4) is 5.75 Å². The lowest BCUT2D eigenvalue weighted by Crippen LogP contribution is -2.30. The second-order valence-corrected chi connectivity index (χ2v) is 7.42. The second kappa shape index (κ2) is 7.00. The Labute approximate surface area is 149 Å². The summed E-state index contributed by atoms with van der Waals surface area (Å²) < 4.78 is 30.3. The lowest BCUT2D eigenvalue weighted by atomic mass is 10.2. The number of aromatic amines is 1. The van der Waals surface area contributed by atoms with Gasteiger partial charge in [-0.2, -0.15) is 15.4 Å². The minimum Gasteiger partial charge on any atom is -0.481 e. The minimum atomic E-state index is -3.34. The molecule has 10 heteroatoms. The quantitative estimate of drug-likeness (QED) is 0.602. The Bertz CT molecular complexity index is 1030. The maximum absolute atomic E-state index is 12.3. The number of carbonyl (C=O) groups excluding carboxylic acids is 1. The third-order valence-corrected chi connectivity index (χ3v) is 4.03. The zero-order chi connectivity index (χ0) is 18.7. The van der Waals surface area contributed by atoms with Gasteiger partial charge >= 0.3 is 0 Å². The molecule has 0 aliphatic carbocycles. The van der Waals surface area contributed by atoms with Crippen LogP contribution in [0.4, 0.5) is 11.4 Å². The van der Waals surface area contributed by atoms with Gasteiger partial charge in [0.2, 0.25) is 10.0 Å². The van der Waals surface area contributed by atoms with Crippen LogP contribution in [0, 0.1) is 0 Å². The lowest BCUT2D eigenvalue weighted by molar-refractivity contribution is -0.122. The minimum absolute atomic E-state index is 0.328. The van der Waals surface area contributed by atoms with Crippen molar-refractivity contribution in [1.29, 1.82) is 0 Å². The number of amides is 1. The number of hydrogen-bond donors (Lipinski definition) is 3. The van der Waals surface area contributed by atoms with E-state index in [-0.39, 0.29) is 5.91 Å². The highest BCUT2D eigenvalue weighted by Gasteiger charge is 2.15. The maximum Gasteiger partial charge on any atom is 0.265 e. The smallest absolute Gasteiger partial charge is 0.265 e. The van der Waals surface area contributed by atoms with Crippen molar-refractivity contribution in [2.75, 3.05) is 16.3 Å². The van der Waals surface area contributed by atoms with E-state index in [4.69, 9.17) is 4.74 Å². The summed E-state index contributed by atoms with van der Waals surface area (Å²) >= 11 is 0. The van der Waals surface area contributed by atoms with Crippen molar-refractivity contribution in [3.63, 3.8) is 0 Å². The standard InChI is InChI=1S/C16H17N5O4S/c1-10(25-13-6-3-11(4-7-13)20-26(2,23)24)16(22)17-12-5-8-14-15(9-12)19-21-18-14/h3-10,20H,1-2H3,(H,17,22)(H,18,19,21). The van der Waals surface area contributed by atoms with Crippen LogP contribution in [-0.4, -0.2) is 42.1 Å². The summed E-state index contributed by atoms with van der Waals surface area (Å²) in [4.78, 5) is 12.3. The molecule has 1 unspecified atom stereocenters. The van der Waals surface area contributed by atoms with Crippen LogP contribution >= 0.6 is 0 Å². The third kappa shape index (κ3) is 4.48. The molecule has 0 bridgehead atoms. The molecule has 3 N–H and O–H groups in total. The fourth-order valence-corrected chi connectivity index (χ4v) is 2.80. The lowest BCUT2D eigenvalue weighted by Gasteiger charge is -2.15. The zero-order valence-electron chi connectivity index (χ0n) is 14.1. The Hall–Kier alpha value is -3.14. The Morgan fingerprint density at radius 3 is 2.42 bits per heavy atom. The molecule has 1 heterocycles. The molecule has 0 saturated carbocycles. The summed E-state index contributed by atoms with van der Waals surface area (Å²) in [5, 5.41) is 13.2. The molecular formula is C16H17N5O4S. The first kappa shape index (κ1) is 17.7. The molecule has 0 radical (unpaired) electrons. The summed E-state index contributed by atoms with van der Waals surface area (Å²) in [6.45, 7) is 1.62. The van der Waals surface area contributed by atoms with Gasteiger partial charge < -0.3 is 10.1 Å². The van der Waals surface area contributed by atoms with Crippen molar-refractivity contribution in [2.45, 2.75) is 13.0 Å². The van der Waals surface area contributed by atoms with E-state index >= 15 is 0 Å². The molecule has 0 saturated heterocycles. The van der Waals surface area contributed by atoms with Gasteiger partial charge in [0.05, 0.1) is 6.26 Å². The number of hydrogen-bond acceptors (Lipinski definition) is 6. The molecule has 1 amide bonds. The average molecular weight is 375 g/mol. The maximum atomic E-state index is 12.3. The largest absolute Gasteiger partial charge is 0.481 e. The number of H-pyrrole nitrogens is 1. The van der Waals surface area contributed by atoms with Crippen LogP contribution in [0.5, 0.6) is 5.75 Å². The Balaban J connectivity index is 1.61. The van der Waals surface area contributed by atoms with Crippen molar-refractivity contribution in [2.24, 2.45) is 0 Å². The zero-order valence-corrected chi connectivity index (χ0v) is 14.9. The molecule has 0 spiro atoms. The number of nitrogens with one attached hydrogen (secondary N) is 3. The Morgan fingerprint density at radius 2 is 1.73 bits per heavy atom. The van der Waals surface area contributed by atoms with Crippen LogP contribution in [-0.2, 0) is 14.8 Å². The van der Waals surface area contributed by atoms with Gasteiger partial charge in [0.1, 0.15) is 16.8 Å². The first-order valence-corrected chi connectivity index (χ1v) is 9.55. The van der Waals surface area contributed by atoms with Gasteiger partial charge in [-0.05, 0) is 49.4 Å². The van der Waals surface area contributed by atoms with Gasteiger partial charge in [-0.1, -0.05) is 0 Å². The summed E-state index contributed by atoms with van der Waals surface area (Å²) in [6, 6.07) is 11.4. The first-order chi connectivity index (χ1) is 12.3. The molecule has 136 valence electrons. The van der Waals surface area contributed by atoms with Crippen LogP contribution in [0.1, 0.15) is 6.92 Å². The first-order valence-electron chi connectivity index (χ1n) is 7.66. The monoisotopic (exact) mass is 375 g/mol. The highest BCUT2D eigenvalue weighted by molar-refractivity contribution is 7.92. The molecule has 1 aromatic heterocycles. The number of nitrogens with zero attached hydrogens (tertiary/aromatic N) is 2. The SMILES string of the molecule is CC(Oc1ccc(NS(C)(=O)=O)cc1)C(=O)Nc1ccc2n[nH]nc2c1. The van der Waals surface area contributed by atoms with Gasteiger partial charge in [0.25, 0.3) is 5.91 Å². The van der Waals surface area contributed by atoms with Gasteiger partial charge in [0.15, 0.2) is 6.10 Å². The molecule has 9 nitrogen and oxygen atoms in total. The van der Waals surface area contributed by atoms with Crippen molar-refractivity contribution < 1.29 is 17.9 Å². The highest BCUT2D eigenvalue weighted by Crippen LogP contribution is 2.19. The predicted molar refractivity (Wildman–Crippen MR) is 97.5 cm³/mol. The molecule has 0 aliphatic rings. The Morgan fingerprint density at radius 1 is 1.08 bits per heavy atom. The van der Waals surface area contributed by atoms with E-state index in [1.807, 2.05) is 0 Å². The molecule has 3 rings (SSSR count). The van der Waals surface area contributed by atoms with Gasteiger partial charge in [-0.15, -0.1) is 0 Å². The average Bonchev–Trinajstić information content (AvgIpc) is 3.03. The number of ether oxygens (including phenoxy) is 1. The number of aromatic nitrogens is 3. The van der Waals surface area contributed by atoms with Crippen LogP contribution in [0.2, 0.25) is 0 Å². The van der Waals surface area contributed by atoms with E-state index in [1.165, 1.54) is 0 Å². The number of fused-ring (bicyclic) bond motifs is 1. The molecule has 26 heavy (non-hydrogen) atoms. The van der Waals surface area contributed by atoms with Gasteiger partial charge in [0, 0.05) is 11.4 Å². The van der Waals surface area contributed by atoms with Crippen LogP contribution < -0.4 is 14.8 Å². The third-order valence-electron chi connectivity index (χ3n) is 3.42. The normalized spacial score (nSPS) is 12.5. The van der Waals surface area contributed by atoms with E-state index < -0.39 is 16.1 Å². The summed E-state index contributed by atoms with van der Waals surface area (Å²) in [7, 11) is -3.34. The molecule has 0 aliphatic heterocycles. The molecule has 2 aromatic carbocycles. The summed E-state index contributed by atoms with van der Waals surface area (Å²) in [5.41, 5.74) is 2.35. The van der Waals surface area contributed by atoms with E-state index in [1.54, 1.807) is 49.4 Å². The van der Waals surface area contributed by atoms with Crippen LogP contribution in [0.25, 0.3) is 11.0 Å². The topological polar surface area (TPSA) is 126 Å². The fourth-order valence-electron chi connectivity index (χ4n) is 2.24. The fraction of sp³-hybridized carbons (Fsp3) is 0.188. The van der Waals surface area contributed by atoms with Crippen LogP contribution in [0.15, 0.2) is 42.5 Å². The van der Waals surface area contributed by atoms with Crippen molar-refractivity contribution >= 4 is 38.3 Å². The second-order valence-electron chi connectivity index (χ2n) is 5.68. The molecular weight excluding hydrogens is 358 g/mol. The molecule has 0 fully saturated rings. The van der Waals surface area contributed by atoms with E-state index in [9.17, 15) is 13.2 Å². The molecule has 1 atom stereocenters. The number of carbonyl (C=O) groups is 1. The van der Waals surface area contributed by atoms with E-state index in [0.29, 0.717) is 28.2 Å². The van der Waals surface area contributed by atoms with Gasteiger partial charge in [-0.3, -0.25) is 9.52 Å². The van der Waals surface area contributed by atoms with Crippen molar-refractivity contribution in [1.82, 2.24) is 15.4 Å². The molecule has 3 aromatic rings. The Kier molecular flexibility index (Phi) is 4.76. The number of rotatable bonds is 6. The number of benzene rings is 2. The number of sulfonamides is 1. The van der Waals surface area contributed by atoms with Gasteiger partial charge in [-0.25, -0.2) is 8.42 Å². The van der Waals surface area contributed by atoms with Crippen molar-refractivity contribution in [3.05, 3.63) is 42.5 Å². The summed E-state index contributed by atoms with van der Waals surface area (Å²) in [6.07, 6.45) is 0.317. The van der Waals surface area contributed by atoms with E-state index in [0.717, 1.165) is 6.26 Å².